The minimum Gasteiger partial charge on any atom is -0.399 e. The van der Waals surface area contributed by atoms with Crippen molar-refractivity contribution in [2.75, 3.05) is 11.1 Å². The topological polar surface area (TPSA) is 50.9 Å². The molecule has 0 aliphatic heterocycles. The predicted molar refractivity (Wildman–Crippen MR) is 76.6 cm³/mol. The summed E-state index contributed by atoms with van der Waals surface area (Å²) < 4.78 is 0. The third-order valence-corrected chi connectivity index (χ3v) is 3.69. The number of hydrogen-bond acceptors (Lipinski definition) is 3. The van der Waals surface area contributed by atoms with Gasteiger partial charge in [0.05, 0.1) is 5.52 Å². The smallest absolute Gasteiger partial charge is 0.0743 e. The molecule has 3 N–H and O–H groups in total. The Morgan fingerprint density at radius 2 is 2.28 bits per heavy atom. The van der Waals surface area contributed by atoms with Gasteiger partial charge in [0.15, 0.2) is 0 Å². The number of nitrogens with one attached hydrogen (secondary N) is 1. The molecule has 0 bridgehead atoms. The number of nitrogens with two attached hydrogens (primary N) is 1. The molecule has 0 amide bonds. The highest BCUT2D eigenvalue weighted by atomic mass is 15.0. The van der Waals surface area contributed by atoms with Crippen LogP contribution in [-0.2, 0) is 0 Å². The van der Waals surface area contributed by atoms with Crippen LogP contribution in [0.4, 0.5) is 11.4 Å². The zero-order valence-electron chi connectivity index (χ0n) is 10.7. The molecule has 3 rings (SSSR count). The summed E-state index contributed by atoms with van der Waals surface area (Å²) in [6.07, 6.45) is 5.75. The molecule has 1 aromatic carbocycles. The van der Waals surface area contributed by atoms with E-state index >= 15 is 0 Å². The van der Waals surface area contributed by atoms with Crippen molar-refractivity contribution in [3.8, 4) is 0 Å². The van der Waals surface area contributed by atoms with Crippen molar-refractivity contribution in [3.05, 3.63) is 30.5 Å². The number of hydrogen-bond donors (Lipinski definition) is 2. The molecule has 1 saturated carbocycles. The number of benzene rings is 1. The van der Waals surface area contributed by atoms with E-state index in [2.05, 4.69) is 29.4 Å². The van der Waals surface area contributed by atoms with Gasteiger partial charge in [-0.1, -0.05) is 13.3 Å². The molecule has 2 atom stereocenters. The van der Waals surface area contributed by atoms with E-state index in [0.29, 0.717) is 6.04 Å². The number of nitrogen functional groups attached to an aromatic ring is 1. The van der Waals surface area contributed by atoms with Crippen LogP contribution < -0.4 is 11.1 Å². The van der Waals surface area contributed by atoms with Crippen LogP contribution >= 0.6 is 0 Å². The molecular formula is C15H19N3. The van der Waals surface area contributed by atoms with E-state index in [1.54, 1.807) is 0 Å². The summed E-state index contributed by atoms with van der Waals surface area (Å²) in [5, 5.41) is 4.79. The second-order valence-electron chi connectivity index (χ2n) is 5.17. The summed E-state index contributed by atoms with van der Waals surface area (Å²) >= 11 is 0. The number of nitrogens with zero attached hydrogens (tertiary/aromatic N) is 1. The van der Waals surface area contributed by atoms with Crippen LogP contribution in [0.5, 0.6) is 0 Å². The SMILES string of the molecule is CCCC1CC1Nc1ccnc2cc(N)ccc12. The molecule has 18 heavy (non-hydrogen) atoms. The van der Waals surface area contributed by atoms with Crippen LogP contribution in [0.1, 0.15) is 26.2 Å². The van der Waals surface area contributed by atoms with Crippen molar-refractivity contribution in [3.63, 3.8) is 0 Å². The molecule has 1 heterocycles. The van der Waals surface area contributed by atoms with Crippen LogP contribution in [-0.4, -0.2) is 11.0 Å². The van der Waals surface area contributed by atoms with E-state index < -0.39 is 0 Å². The molecular weight excluding hydrogens is 222 g/mol. The maximum atomic E-state index is 5.79. The normalized spacial score (nSPS) is 22.1. The Labute approximate surface area is 107 Å². The van der Waals surface area contributed by atoms with Crippen LogP contribution in [0.15, 0.2) is 30.5 Å². The predicted octanol–water partition coefficient (Wildman–Crippen LogP) is 3.42. The van der Waals surface area contributed by atoms with Crippen molar-refractivity contribution >= 4 is 22.3 Å². The lowest BCUT2D eigenvalue weighted by Gasteiger charge is -2.09. The zero-order valence-corrected chi connectivity index (χ0v) is 10.7. The molecule has 2 aromatic rings. The standard InChI is InChI=1S/C15H19N3/c1-2-3-10-8-14(10)18-13-6-7-17-15-9-11(16)4-5-12(13)15/h4-7,9-10,14H,2-3,8,16H2,1H3,(H,17,18). The van der Waals surface area contributed by atoms with E-state index in [4.69, 9.17) is 5.73 Å². The highest BCUT2D eigenvalue weighted by Crippen LogP contribution is 2.38. The van der Waals surface area contributed by atoms with Crippen molar-refractivity contribution in [2.45, 2.75) is 32.2 Å². The number of pyridine rings is 1. The van der Waals surface area contributed by atoms with Gasteiger partial charge in [-0.25, -0.2) is 0 Å². The first-order valence-electron chi connectivity index (χ1n) is 6.68. The van der Waals surface area contributed by atoms with Gasteiger partial charge in [0.25, 0.3) is 0 Å². The lowest BCUT2D eigenvalue weighted by molar-refractivity contribution is 0.693. The first kappa shape index (κ1) is 11.3. The quantitative estimate of drug-likeness (QED) is 0.806. The highest BCUT2D eigenvalue weighted by molar-refractivity contribution is 5.92. The summed E-state index contributed by atoms with van der Waals surface area (Å²) in [6.45, 7) is 2.25. The fraction of sp³-hybridized carbons (Fsp3) is 0.400. The van der Waals surface area contributed by atoms with E-state index in [1.165, 1.54) is 24.9 Å². The second kappa shape index (κ2) is 4.48. The summed E-state index contributed by atoms with van der Waals surface area (Å²) in [5.41, 5.74) is 8.70. The summed E-state index contributed by atoms with van der Waals surface area (Å²) in [7, 11) is 0. The van der Waals surface area contributed by atoms with Crippen molar-refractivity contribution in [2.24, 2.45) is 5.92 Å². The minimum atomic E-state index is 0.646. The summed E-state index contributed by atoms with van der Waals surface area (Å²) in [6, 6.07) is 8.62. The van der Waals surface area contributed by atoms with Crippen LogP contribution in [0, 0.1) is 5.92 Å². The first-order valence-corrected chi connectivity index (χ1v) is 6.68. The summed E-state index contributed by atoms with van der Waals surface area (Å²) in [5.74, 6) is 0.854. The Bertz CT molecular complexity index is 565. The molecule has 1 fully saturated rings. The van der Waals surface area contributed by atoms with E-state index in [1.807, 2.05) is 18.3 Å². The van der Waals surface area contributed by atoms with E-state index in [9.17, 15) is 0 Å². The Morgan fingerprint density at radius 1 is 1.39 bits per heavy atom. The molecule has 1 aromatic heterocycles. The number of fused-ring (bicyclic) bond motifs is 1. The average Bonchev–Trinajstić information content (AvgIpc) is 3.08. The average molecular weight is 241 g/mol. The lowest BCUT2D eigenvalue weighted by Crippen LogP contribution is -2.05. The Balaban J connectivity index is 1.84. The first-order chi connectivity index (χ1) is 8.78. The van der Waals surface area contributed by atoms with Gasteiger partial charge < -0.3 is 11.1 Å². The molecule has 3 heteroatoms. The Morgan fingerprint density at radius 3 is 3.11 bits per heavy atom. The third kappa shape index (κ3) is 2.13. The van der Waals surface area contributed by atoms with Crippen molar-refractivity contribution in [1.29, 1.82) is 0 Å². The molecule has 2 unspecified atom stereocenters. The van der Waals surface area contributed by atoms with Gasteiger partial charge in [0.2, 0.25) is 0 Å². The van der Waals surface area contributed by atoms with E-state index in [-0.39, 0.29) is 0 Å². The largest absolute Gasteiger partial charge is 0.399 e. The fourth-order valence-corrected chi connectivity index (χ4v) is 2.60. The number of rotatable bonds is 4. The lowest BCUT2D eigenvalue weighted by atomic mass is 10.1. The monoisotopic (exact) mass is 241 g/mol. The van der Waals surface area contributed by atoms with Gasteiger partial charge in [-0.05, 0) is 43.0 Å². The zero-order chi connectivity index (χ0) is 12.5. The van der Waals surface area contributed by atoms with Crippen LogP contribution in [0.25, 0.3) is 10.9 Å². The van der Waals surface area contributed by atoms with Gasteiger partial charge in [-0.3, -0.25) is 4.98 Å². The molecule has 3 nitrogen and oxygen atoms in total. The van der Waals surface area contributed by atoms with Gasteiger partial charge in [0, 0.05) is 29.0 Å². The van der Waals surface area contributed by atoms with Crippen LogP contribution in [0.3, 0.4) is 0 Å². The third-order valence-electron chi connectivity index (χ3n) is 3.69. The molecule has 1 aliphatic rings. The van der Waals surface area contributed by atoms with Gasteiger partial charge in [-0.2, -0.15) is 0 Å². The van der Waals surface area contributed by atoms with Gasteiger partial charge in [0.1, 0.15) is 0 Å². The fourth-order valence-electron chi connectivity index (χ4n) is 2.60. The Hall–Kier alpha value is -1.77. The van der Waals surface area contributed by atoms with Gasteiger partial charge in [-0.15, -0.1) is 0 Å². The highest BCUT2D eigenvalue weighted by Gasteiger charge is 2.35. The number of anilines is 2. The molecule has 0 spiro atoms. The van der Waals surface area contributed by atoms with Crippen LogP contribution in [0.2, 0.25) is 0 Å². The molecule has 94 valence electrons. The number of aromatic nitrogens is 1. The minimum absolute atomic E-state index is 0.646. The second-order valence-corrected chi connectivity index (χ2v) is 5.17. The maximum Gasteiger partial charge on any atom is 0.0743 e. The van der Waals surface area contributed by atoms with Crippen molar-refractivity contribution in [1.82, 2.24) is 4.98 Å². The van der Waals surface area contributed by atoms with E-state index in [0.717, 1.165) is 22.5 Å². The van der Waals surface area contributed by atoms with Gasteiger partial charge >= 0.3 is 0 Å². The Kier molecular flexibility index (Phi) is 2.82. The van der Waals surface area contributed by atoms with Crippen molar-refractivity contribution < 1.29 is 0 Å². The molecule has 1 aliphatic carbocycles. The molecule has 0 saturated heterocycles. The summed E-state index contributed by atoms with van der Waals surface area (Å²) in [4.78, 5) is 4.37. The maximum absolute atomic E-state index is 5.79. The molecule has 0 radical (unpaired) electrons.